The fourth-order valence-corrected chi connectivity index (χ4v) is 4.06. The van der Waals surface area contributed by atoms with E-state index >= 15 is 0 Å². The monoisotopic (exact) mass is 463 g/mol. The third kappa shape index (κ3) is 3.53. The lowest BCUT2D eigenvalue weighted by Gasteiger charge is -2.16. The molecule has 4 heterocycles. The molecule has 4 atom stereocenters. The summed E-state index contributed by atoms with van der Waals surface area (Å²) in [5.74, 6) is -1.46. The Balaban J connectivity index is 1.42. The maximum Gasteiger partial charge on any atom is 0.233 e. The van der Waals surface area contributed by atoms with Crippen LogP contribution < -0.4 is 9.47 Å². The van der Waals surface area contributed by atoms with Crippen LogP contribution in [0, 0.1) is 23.0 Å². The van der Waals surface area contributed by atoms with Gasteiger partial charge in [0.2, 0.25) is 11.8 Å². The molecule has 2 aliphatic heterocycles. The highest BCUT2D eigenvalue weighted by atomic mass is 35.5. The van der Waals surface area contributed by atoms with Gasteiger partial charge in [0.05, 0.1) is 24.3 Å². The second-order valence-electron chi connectivity index (χ2n) is 7.42. The number of nitrogens with one attached hydrogen (secondary N) is 1. The summed E-state index contributed by atoms with van der Waals surface area (Å²) < 4.78 is 50.2. The Morgan fingerprint density at radius 1 is 1.25 bits per heavy atom. The fourth-order valence-electron chi connectivity index (χ4n) is 3.85. The highest BCUT2D eigenvalue weighted by Gasteiger charge is 2.48. The molecular weight excluding hydrogens is 448 g/mol. The average molecular weight is 464 g/mol. The lowest BCUT2D eigenvalue weighted by Crippen LogP contribution is -2.34. The van der Waals surface area contributed by atoms with Gasteiger partial charge in [-0.15, -0.1) is 0 Å². The van der Waals surface area contributed by atoms with Crippen LogP contribution in [0.15, 0.2) is 24.3 Å². The molecule has 0 saturated carbocycles. The van der Waals surface area contributed by atoms with Crippen LogP contribution in [-0.4, -0.2) is 52.7 Å². The smallest absolute Gasteiger partial charge is 0.233 e. The molecule has 3 aromatic rings. The first-order chi connectivity index (χ1) is 15.5. The van der Waals surface area contributed by atoms with Crippen molar-refractivity contribution in [3.8, 4) is 17.8 Å². The van der Waals surface area contributed by atoms with Gasteiger partial charge in [0.15, 0.2) is 6.10 Å². The van der Waals surface area contributed by atoms with E-state index in [1.165, 1.54) is 12.1 Å². The summed E-state index contributed by atoms with van der Waals surface area (Å²) in [6.07, 6.45) is -2.21. The molecule has 0 amide bonds. The third-order valence-corrected chi connectivity index (χ3v) is 5.70. The van der Waals surface area contributed by atoms with Crippen LogP contribution in [0.4, 0.5) is 8.78 Å². The Morgan fingerprint density at radius 2 is 2.00 bits per heavy atom. The van der Waals surface area contributed by atoms with Gasteiger partial charge in [-0.3, -0.25) is 0 Å². The van der Waals surface area contributed by atoms with Gasteiger partial charge in [0.25, 0.3) is 0 Å². The molecule has 0 radical (unpaired) electrons. The summed E-state index contributed by atoms with van der Waals surface area (Å²) in [6.45, 7) is -0.106. The number of hydrogen-bond donors (Lipinski definition) is 2. The molecule has 5 rings (SSSR count). The van der Waals surface area contributed by atoms with Gasteiger partial charge in [-0.05, 0) is 18.2 Å². The lowest BCUT2D eigenvalue weighted by molar-refractivity contribution is 0.00789. The number of H-pyrrole nitrogens is 1. The number of fused-ring (bicyclic) bond motifs is 2. The van der Waals surface area contributed by atoms with E-state index in [-0.39, 0.29) is 46.6 Å². The van der Waals surface area contributed by atoms with E-state index in [1.54, 1.807) is 0 Å². The Labute approximate surface area is 185 Å². The van der Waals surface area contributed by atoms with Gasteiger partial charge < -0.3 is 29.0 Å². The summed E-state index contributed by atoms with van der Waals surface area (Å²) >= 11 is 6.23. The van der Waals surface area contributed by atoms with Crippen LogP contribution in [-0.2, 0) is 16.1 Å². The first-order valence-corrected chi connectivity index (χ1v) is 10.1. The van der Waals surface area contributed by atoms with Crippen LogP contribution in [0.5, 0.6) is 11.8 Å². The molecule has 0 bridgehead atoms. The molecule has 2 fully saturated rings. The first-order valence-electron chi connectivity index (χ1n) is 9.72. The molecule has 2 saturated heterocycles. The van der Waals surface area contributed by atoms with Gasteiger partial charge >= 0.3 is 0 Å². The van der Waals surface area contributed by atoms with E-state index in [2.05, 4.69) is 9.97 Å². The number of halogens is 3. The Bertz CT molecular complexity index is 1210. The number of nitriles is 1. The van der Waals surface area contributed by atoms with Crippen molar-refractivity contribution in [3.05, 3.63) is 52.0 Å². The summed E-state index contributed by atoms with van der Waals surface area (Å²) in [4.78, 5) is 7.21. The number of aliphatic hydroxyl groups is 1. The second-order valence-corrected chi connectivity index (χ2v) is 7.83. The zero-order valence-electron chi connectivity index (χ0n) is 16.3. The Morgan fingerprint density at radius 3 is 2.75 bits per heavy atom. The third-order valence-electron chi connectivity index (χ3n) is 5.43. The molecular formula is C21H16ClF2N3O5. The van der Waals surface area contributed by atoms with E-state index in [0.29, 0.717) is 5.52 Å². The molecule has 2 N–H and O–H groups in total. The van der Waals surface area contributed by atoms with Crippen molar-refractivity contribution in [1.82, 2.24) is 9.97 Å². The maximum absolute atomic E-state index is 13.9. The summed E-state index contributed by atoms with van der Waals surface area (Å²) in [5.41, 5.74) is 0.465. The van der Waals surface area contributed by atoms with Gasteiger partial charge in [0.1, 0.15) is 58.7 Å². The molecule has 166 valence electrons. The van der Waals surface area contributed by atoms with E-state index in [9.17, 15) is 19.1 Å². The van der Waals surface area contributed by atoms with Crippen LogP contribution in [0.3, 0.4) is 0 Å². The number of aromatic nitrogens is 2. The van der Waals surface area contributed by atoms with Crippen molar-refractivity contribution < 1.29 is 32.8 Å². The maximum atomic E-state index is 13.9. The highest BCUT2D eigenvalue weighted by Crippen LogP contribution is 2.35. The lowest BCUT2D eigenvalue weighted by atomic mass is 10.1. The van der Waals surface area contributed by atoms with Gasteiger partial charge in [-0.25, -0.2) is 13.8 Å². The number of nitrogens with zero attached hydrogens (tertiary/aromatic N) is 2. The normalized spacial score (nSPS) is 24.5. The van der Waals surface area contributed by atoms with Crippen molar-refractivity contribution >= 4 is 22.6 Å². The predicted molar refractivity (Wildman–Crippen MR) is 106 cm³/mol. The van der Waals surface area contributed by atoms with Crippen molar-refractivity contribution in [2.75, 3.05) is 13.2 Å². The number of aromatic amines is 1. The quantitative estimate of drug-likeness (QED) is 0.598. The number of pyridine rings is 1. The number of ether oxygens (including phenoxy) is 4. The molecule has 11 heteroatoms. The molecule has 0 aliphatic carbocycles. The molecule has 0 spiro atoms. The summed E-state index contributed by atoms with van der Waals surface area (Å²) in [7, 11) is 0. The molecule has 2 aliphatic rings. The van der Waals surface area contributed by atoms with Gasteiger partial charge in [-0.1, -0.05) is 17.7 Å². The number of rotatable bonds is 5. The van der Waals surface area contributed by atoms with Crippen molar-refractivity contribution in [2.24, 2.45) is 0 Å². The molecule has 8 nitrogen and oxygen atoms in total. The molecule has 0 unspecified atom stereocenters. The number of benzene rings is 1. The van der Waals surface area contributed by atoms with E-state index in [4.69, 9.17) is 30.5 Å². The average Bonchev–Trinajstić information content (AvgIpc) is 3.43. The first kappa shape index (κ1) is 20.9. The standard InChI is InChI=1S/C21H16ClF2N3O5/c22-11-4-14-17(27-21(11)31-6-10-12(23)2-1-3-13(10)24)9(5-25)20(26-14)32-16-8-30-18-15(28)7-29-19(16)18/h1-4,15-16,18-19,26,28H,6-8H2/t15-,16-,18-,19-/m1/s1. The van der Waals surface area contributed by atoms with Gasteiger partial charge in [0, 0.05) is 0 Å². The fraction of sp³-hybridized carbons (Fsp3) is 0.333. The van der Waals surface area contributed by atoms with Crippen LogP contribution >= 0.6 is 11.6 Å². The number of hydrogen-bond acceptors (Lipinski definition) is 7. The second kappa shape index (κ2) is 8.18. The largest absolute Gasteiger partial charge is 0.471 e. The minimum Gasteiger partial charge on any atom is -0.471 e. The molecule has 1 aromatic carbocycles. The van der Waals surface area contributed by atoms with Crippen LogP contribution in [0.25, 0.3) is 11.0 Å². The topological polar surface area (TPSA) is 110 Å². The zero-order valence-corrected chi connectivity index (χ0v) is 17.1. The molecule has 2 aromatic heterocycles. The van der Waals surface area contributed by atoms with Crippen LogP contribution in [0.2, 0.25) is 5.02 Å². The van der Waals surface area contributed by atoms with Crippen molar-refractivity contribution in [1.29, 1.82) is 5.26 Å². The van der Waals surface area contributed by atoms with Crippen molar-refractivity contribution in [2.45, 2.75) is 31.0 Å². The highest BCUT2D eigenvalue weighted by molar-refractivity contribution is 6.32. The Hall–Kier alpha value is -2.97. The summed E-state index contributed by atoms with van der Waals surface area (Å²) in [5, 5.41) is 19.6. The minimum absolute atomic E-state index is 0.0815. The summed E-state index contributed by atoms with van der Waals surface area (Å²) in [6, 6.07) is 7.00. The van der Waals surface area contributed by atoms with Crippen LogP contribution in [0.1, 0.15) is 11.1 Å². The van der Waals surface area contributed by atoms with Gasteiger partial charge in [-0.2, -0.15) is 5.26 Å². The van der Waals surface area contributed by atoms with E-state index in [0.717, 1.165) is 12.1 Å². The minimum atomic E-state index is -0.756. The van der Waals surface area contributed by atoms with Crippen molar-refractivity contribution in [3.63, 3.8) is 0 Å². The predicted octanol–water partition coefficient (Wildman–Crippen LogP) is 2.85. The van der Waals surface area contributed by atoms with E-state index < -0.39 is 42.7 Å². The number of aliphatic hydroxyl groups excluding tert-OH is 1. The Kier molecular flexibility index (Phi) is 5.35. The van der Waals surface area contributed by atoms with E-state index in [1.807, 2.05) is 6.07 Å². The SMILES string of the molecule is N#Cc1c(O[C@@H]2CO[C@H]3[C@@H]2OC[C@H]3O)[nH]c2cc(Cl)c(OCc3c(F)cccc3F)nc12. The molecule has 32 heavy (non-hydrogen) atoms. The zero-order chi connectivity index (χ0) is 22.4.